The van der Waals surface area contributed by atoms with Crippen molar-refractivity contribution in [2.45, 2.75) is 33.1 Å². The van der Waals surface area contributed by atoms with Gasteiger partial charge in [-0.15, -0.1) is 5.10 Å². The molecule has 0 atom stereocenters. The molecule has 0 fully saturated rings. The third-order valence-corrected chi connectivity index (χ3v) is 4.26. The highest BCUT2D eigenvalue weighted by atomic mass is 16.5. The fourth-order valence-corrected chi connectivity index (χ4v) is 2.99. The van der Waals surface area contributed by atoms with Crippen molar-refractivity contribution in [3.05, 3.63) is 59.7 Å². The third-order valence-electron chi connectivity index (χ3n) is 4.26. The second-order valence-electron chi connectivity index (χ2n) is 7.27. The zero-order chi connectivity index (χ0) is 18.2. The van der Waals surface area contributed by atoms with Crippen LogP contribution >= 0.6 is 0 Å². The first-order valence-electron chi connectivity index (χ1n) is 8.35. The van der Waals surface area contributed by atoms with Crippen LogP contribution in [0.25, 0.3) is 16.9 Å². The topological polar surface area (TPSA) is 47.3 Å². The second-order valence-corrected chi connectivity index (χ2v) is 7.27. The number of aromatic nitrogens is 2. The number of nitrogens with zero attached hydrogens (tertiary/aromatic N) is 2. The number of aromatic hydroxyl groups is 1. The molecule has 130 valence electrons. The van der Waals surface area contributed by atoms with Crippen LogP contribution in [0.4, 0.5) is 0 Å². The number of benzene rings is 2. The number of hydrogen-bond donors (Lipinski definition) is 1. The van der Waals surface area contributed by atoms with Gasteiger partial charge in [0.15, 0.2) is 0 Å². The first-order valence-corrected chi connectivity index (χ1v) is 8.35. The lowest BCUT2D eigenvalue weighted by molar-refractivity contribution is 0.414. The van der Waals surface area contributed by atoms with Crippen molar-refractivity contribution in [1.82, 2.24) is 9.78 Å². The Balaban J connectivity index is 2.26. The Hall–Kier alpha value is -2.75. The number of hydrogen-bond acceptors (Lipinski definition) is 3. The lowest BCUT2D eigenvalue weighted by Gasteiger charge is -2.20. The van der Waals surface area contributed by atoms with Crippen molar-refractivity contribution in [2.75, 3.05) is 7.11 Å². The fraction of sp³-hybridized carbons (Fsp3) is 0.286. The van der Waals surface area contributed by atoms with Crippen molar-refractivity contribution < 1.29 is 9.84 Å². The molecular weight excluding hydrogens is 312 g/mol. The van der Waals surface area contributed by atoms with Gasteiger partial charge in [0.1, 0.15) is 5.75 Å². The smallest absolute Gasteiger partial charge is 0.235 e. The molecule has 0 radical (unpaired) electrons. The van der Waals surface area contributed by atoms with E-state index in [2.05, 4.69) is 57.1 Å². The average molecular weight is 336 g/mol. The van der Waals surface area contributed by atoms with Crippen molar-refractivity contribution in [3.8, 4) is 28.6 Å². The van der Waals surface area contributed by atoms with Crippen LogP contribution in [0.3, 0.4) is 0 Å². The van der Waals surface area contributed by atoms with Crippen molar-refractivity contribution in [1.29, 1.82) is 0 Å². The summed E-state index contributed by atoms with van der Waals surface area (Å²) in [6, 6.07) is 16.0. The summed E-state index contributed by atoms with van der Waals surface area (Å²) in [5.74, 6) is 0.854. The van der Waals surface area contributed by atoms with E-state index in [0.717, 1.165) is 28.3 Å². The lowest BCUT2D eigenvalue weighted by Crippen LogP contribution is -2.12. The molecule has 3 aromatic rings. The molecule has 0 aliphatic heterocycles. The first-order chi connectivity index (χ1) is 11.8. The SMILES string of the molecule is COc1ccc(-n2nc(O)c(C(C)(C)C)c2-c2ccc(C)cc2)cc1. The van der Waals surface area contributed by atoms with Gasteiger partial charge in [-0.05, 0) is 36.6 Å². The summed E-state index contributed by atoms with van der Waals surface area (Å²) >= 11 is 0. The maximum absolute atomic E-state index is 10.6. The molecule has 4 heteroatoms. The van der Waals surface area contributed by atoms with E-state index >= 15 is 0 Å². The van der Waals surface area contributed by atoms with Crippen LogP contribution in [-0.4, -0.2) is 22.0 Å². The summed E-state index contributed by atoms with van der Waals surface area (Å²) in [7, 11) is 1.64. The van der Waals surface area contributed by atoms with E-state index in [1.807, 2.05) is 24.3 Å². The number of ether oxygens (including phenoxy) is 1. The molecular formula is C21H24N2O2. The molecule has 0 aliphatic carbocycles. The summed E-state index contributed by atoms with van der Waals surface area (Å²) in [4.78, 5) is 0. The molecule has 25 heavy (non-hydrogen) atoms. The number of aryl methyl sites for hydroxylation is 1. The molecule has 1 heterocycles. The fourth-order valence-electron chi connectivity index (χ4n) is 2.99. The minimum Gasteiger partial charge on any atom is -0.497 e. The minimum atomic E-state index is -0.241. The molecule has 4 nitrogen and oxygen atoms in total. The maximum atomic E-state index is 10.6. The maximum Gasteiger partial charge on any atom is 0.235 e. The van der Waals surface area contributed by atoms with Gasteiger partial charge in [-0.25, -0.2) is 4.68 Å². The highest BCUT2D eigenvalue weighted by Crippen LogP contribution is 2.40. The van der Waals surface area contributed by atoms with E-state index in [0.29, 0.717) is 0 Å². The highest BCUT2D eigenvalue weighted by molar-refractivity contribution is 5.70. The Labute approximate surface area is 148 Å². The van der Waals surface area contributed by atoms with Gasteiger partial charge < -0.3 is 9.84 Å². The monoisotopic (exact) mass is 336 g/mol. The van der Waals surface area contributed by atoms with E-state index in [1.165, 1.54) is 5.56 Å². The van der Waals surface area contributed by atoms with Gasteiger partial charge in [-0.1, -0.05) is 50.6 Å². The largest absolute Gasteiger partial charge is 0.497 e. The normalized spacial score (nSPS) is 11.6. The van der Waals surface area contributed by atoms with Gasteiger partial charge >= 0.3 is 0 Å². The van der Waals surface area contributed by atoms with E-state index in [4.69, 9.17) is 4.74 Å². The van der Waals surface area contributed by atoms with Crippen LogP contribution < -0.4 is 4.74 Å². The Morgan fingerprint density at radius 3 is 2.08 bits per heavy atom. The molecule has 0 saturated heterocycles. The van der Waals surface area contributed by atoms with Crippen LogP contribution in [0.5, 0.6) is 11.6 Å². The van der Waals surface area contributed by atoms with Crippen LogP contribution in [0, 0.1) is 6.92 Å². The van der Waals surface area contributed by atoms with Crippen LogP contribution in [-0.2, 0) is 5.41 Å². The van der Waals surface area contributed by atoms with Crippen LogP contribution in [0.2, 0.25) is 0 Å². The van der Waals surface area contributed by atoms with Crippen molar-refractivity contribution in [3.63, 3.8) is 0 Å². The summed E-state index contributed by atoms with van der Waals surface area (Å²) in [5, 5.41) is 15.0. The first kappa shape index (κ1) is 17.1. The zero-order valence-corrected chi connectivity index (χ0v) is 15.4. The third kappa shape index (κ3) is 3.25. The van der Waals surface area contributed by atoms with Gasteiger partial charge in [0.05, 0.1) is 18.5 Å². The van der Waals surface area contributed by atoms with Gasteiger partial charge in [0.2, 0.25) is 5.88 Å². The number of rotatable bonds is 3. The Morgan fingerprint density at radius 1 is 0.960 bits per heavy atom. The predicted octanol–water partition coefficient (Wildman–Crippen LogP) is 4.86. The standard InChI is InChI=1S/C21H24N2O2/c1-14-6-8-15(9-7-14)19-18(21(2,3)4)20(24)22-23(19)16-10-12-17(25-5)13-11-16/h6-13H,1-5H3,(H,22,24). The summed E-state index contributed by atoms with van der Waals surface area (Å²) in [5.41, 5.74) is 4.61. The van der Waals surface area contributed by atoms with E-state index in [-0.39, 0.29) is 11.3 Å². The molecule has 2 aromatic carbocycles. The molecule has 0 saturated carbocycles. The predicted molar refractivity (Wildman–Crippen MR) is 101 cm³/mol. The summed E-state index contributed by atoms with van der Waals surface area (Å²) in [6.45, 7) is 8.31. The van der Waals surface area contributed by atoms with Crippen molar-refractivity contribution in [2.24, 2.45) is 0 Å². The zero-order valence-electron chi connectivity index (χ0n) is 15.4. The summed E-state index contributed by atoms with van der Waals surface area (Å²) in [6.07, 6.45) is 0. The van der Waals surface area contributed by atoms with E-state index in [1.54, 1.807) is 11.8 Å². The quantitative estimate of drug-likeness (QED) is 0.743. The molecule has 1 aromatic heterocycles. The Morgan fingerprint density at radius 2 is 1.56 bits per heavy atom. The van der Waals surface area contributed by atoms with Gasteiger partial charge in [-0.2, -0.15) is 0 Å². The average Bonchev–Trinajstić information content (AvgIpc) is 2.93. The molecule has 0 spiro atoms. The van der Waals surface area contributed by atoms with Crippen LogP contribution in [0.15, 0.2) is 48.5 Å². The Kier molecular flexibility index (Phi) is 4.29. The minimum absolute atomic E-state index is 0.0684. The van der Waals surface area contributed by atoms with Crippen LogP contribution in [0.1, 0.15) is 31.9 Å². The van der Waals surface area contributed by atoms with E-state index < -0.39 is 0 Å². The van der Waals surface area contributed by atoms with Gasteiger partial charge in [-0.3, -0.25) is 0 Å². The Bertz CT molecular complexity index is 870. The molecule has 1 N–H and O–H groups in total. The molecule has 3 rings (SSSR count). The molecule has 0 amide bonds. The van der Waals surface area contributed by atoms with Gasteiger partial charge in [0, 0.05) is 11.1 Å². The summed E-state index contributed by atoms with van der Waals surface area (Å²) < 4.78 is 7.04. The molecule has 0 bridgehead atoms. The number of methoxy groups -OCH3 is 1. The van der Waals surface area contributed by atoms with Crippen molar-refractivity contribution >= 4 is 0 Å². The second kappa shape index (κ2) is 6.28. The molecule has 0 aliphatic rings. The lowest BCUT2D eigenvalue weighted by atomic mass is 9.85. The van der Waals surface area contributed by atoms with Gasteiger partial charge in [0.25, 0.3) is 0 Å². The van der Waals surface area contributed by atoms with E-state index in [9.17, 15) is 5.11 Å². The highest BCUT2D eigenvalue weighted by Gasteiger charge is 2.29. The molecule has 0 unspecified atom stereocenters.